The van der Waals surface area contributed by atoms with E-state index in [0.717, 1.165) is 62.5 Å². The van der Waals surface area contributed by atoms with Gasteiger partial charge in [0.1, 0.15) is 0 Å². The summed E-state index contributed by atoms with van der Waals surface area (Å²) in [6.07, 6.45) is 4.80. The van der Waals surface area contributed by atoms with E-state index in [2.05, 4.69) is 44.7 Å². The van der Waals surface area contributed by atoms with Crippen molar-refractivity contribution >= 4 is 17.7 Å². The van der Waals surface area contributed by atoms with E-state index < -0.39 is 0 Å². The molecule has 1 fully saturated rings. The molecule has 0 aromatic carbocycles. The van der Waals surface area contributed by atoms with Crippen LogP contribution in [0, 0.1) is 5.41 Å². The van der Waals surface area contributed by atoms with Crippen LogP contribution in [0.3, 0.4) is 0 Å². The molecule has 0 spiro atoms. The van der Waals surface area contributed by atoms with Gasteiger partial charge in [-0.05, 0) is 38.8 Å². The molecule has 2 heterocycles. The van der Waals surface area contributed by atoms with Gasteiger partial charge in [0, 0.05) is 55.0 Å². The van der Waals surface area contributed by atoms with E-state index in [4.69, 9.17) is 5.10 Å². The first-order valence-electron chi connectivity index (χ1n) is 10.8. The summed E-state index contributed by atoms with van der Waals surface area (Å²) in [6.45, 7) is 12.8. The number of carbonyl (C=O) groups is 1. The molecule has 1 atom stereocenters. The van der Waals surface area contributed by atoms with Crippen LogP contribution >= 0.6 is 11.8 Å². The second-order valence-corrected chi connectivity index (χ2v) is 10.6. The maximum absolute atomic E-state index is 13.2. The van der Waals surface area contributed by atoms with Gasteiger partial charge < -0.3 is 15.1 Å². The molecule has 1 aliphatic heterocycles. The number of carbonyl (C=O) groups excluding carboxylic acids is 1. The molecule has 162 valence electrons. The van der Waals surface area contributed by atoms with Crippen LogP contribution in [-0.2, 0) is 19.4 Å². The van der Waals surface area contributed by atoms with E-state index in [1.54, 1.807) is 0 Å². The lowest BCUT2D eigenvalue weighted by molar-refractivity contribution is 0.0764. The third-order valence-corrected chi connectivity index (χ3v) is 6.71. The molecule has 1 amide bonds. The highest BCUT2D eigenvalue weighted by Gasteiger charge is 2.32. The molecule has 29 heavy (non-hydrogen) atoms. The number of hydrogen-bond donors (Lipinski definition) is 1. The van der Waals surface area contributed by atoms with Crippen molar-refractivity contribution in [3.05, 3.63) is 29.6 Å². The van der Waals surface area contributed by atoms with Crippen LogP contribution in [0.25, 0.3) is 0 Å². The number of aromatic nitrogens is 2. The number of nitrogens with zero attached hydrogens (tertiary/aromatic N) is 4. The number of allylic oxidation sites excluding steroid dienone is 1. The highest BCUT2D eigenvalue weighted by atomic mass is 32.2. The summed E-state index contributed by atoms with van der Waals surface area (Å²) in [5.74, 6) is 2.15. The van der Waals surface area contributed by atoms with Crippen molar-refractivity contribution in [1.29, 1.82) is 0 Å². The lowest BCUT2D eigenvalue weighted by Crippen LogP contribution is -2.44. The van der Waals surface area contributed by atoms with Gasteiger partial charge in [0.25, 0.3) is 5.91 Å². The molecule has 6 nitrogen and oxygen atoms in total. The zero-order valence-electron chi connectivity index (χ0n) is 18.5. The molecule has 3 rings (SSSR count). The molecule has 2 aliphatic rings. The minimum Gasteiger partial charge on any atom is -0.336 e. The monoisotopic (exact) mass is 419 g/mol. The fourth-order valence-electron chi connectivity index (χ4n) is 4.56. The summed E-state index contributed by atoms with van der Waals surface area (Å²) in [7, 11) is 4.25. The van der Waals surface area contributed by atoms with Crippen molar-refractivity contribution < 1.29 is 4.79 Å². The summed E-state index contributed by atoms with van der Waals surface area (Å²) in [4.78, 5) is 17.4. The van der Waals surface area contributed by atoms with Crippen molar-refractivity contribution in [3.63, 3.8) is 0 Å². The first-order valence-corrected chi connectivity index (χ1v) is 11.9. The average molecular weight is 420 g/mol. The van der Waals surface area contributed by atoms with E-state index in [1.165, 1.54) is 5.69 Å². The van der Waals surface area contributed by atoms with Crippen molar-refractivity contribution in [2.24, 2.45) is 5.41 Å². The third kappa shape index (κ3) is 5.64. The summed E-state index contributed by atoms with van der Waals surface area (Å²) in [5.41, 5.74) is 3.27. The zero-order chi connectivity index (χ0) is 21.0. The lowest BCUT2D eigenvalue weighted by atomic mass is 9.88. The standard InChI is InChI=1S/C22H37N5OS/c1-6-9-27-19-8-7-17(23-15-22(2,3)16-25(4)5)14-18(19)20(24-27)21(28)26-10-12-29-13-11-26/h6,17,23H,1,7-16H2,2-5H3. The summed E-state index contributed by atoms with van der Waals surface area (Å²) < 4.78 is 2.00. The highest BCUT2D eigenvalue weighted by Crippen LogP contribution is 2.27. The second kappa shape index (κ2) is 9.67. The van der Waals surface area contributed by atoms with E-state index in [0.29, 0.717) is 18.3 Å². The number of rotatable bonds is 8. The second-order valence-electron chi connectivity index (χ2n) is 9.37. The van der Waals surface area contributed by atoms with Crippen molar-refractivity contribution in [2.45, 2.75) is 45.7 Å². The van der Waals surface area contributed by atoms with Gasteiger partial charge in [0.15, 0.2) is 5.69 Å². The van der Waals surface area contributed by atoms with E-state index in [1.807, 2.05) is 27.4 Å². The molecule has 0 radical (unpaired) electrons. The lowest BCUT2D eigenvalue weighted by Gasteiger charge is -2.32. The fraction of sp³-hybridized carbons (Fsp3) is 0.727. The van der Waals surface area contributed by atoms with E-state index >= 15 is 0 Å². The smallest absolute Gasteiger partial charge is 0.274 e. The quantitative estimate of drug-likeness (QED) is 0.655. The maximum Gasteiger partial charge on any atom is 0.274 e. The molecule has 1 aliphatic carbocycles. The van der Waals surface area contributed by atoms with Gasteiger partial charge in [-0.2, -0.15) is 16.9 Å². The Bertz CT molecular complexity index is 721. The van der Waals surface area contributed by atoms with Crippen LogP contribution in [0.5, 0.6) is 0 Å². The third-order valence-electron chi connectivity index (χ3n) is 5.76. The Kier molecular flexibility index (Phi) is 7.46. The van der Waals surface area contributed by atoms with Gasteiger partial charge in [-0.3, -0.25) is 9.48 Å². The number of hydrogen-bond acceptors (Lipinski definition) is 5. The van der Waals surface area contributed by atoms with Gasteiger partial charge >= 0.3 is 0 Å². The van der Waals surface area contributed by atoms with Crippen molar-refractivity contribution in [2.75, 3.05) is 51.8 Å². The van der Waals surface area contributed by atoms with Crippen LogP contribution in [-0.4, -0.2) is 83.3 Å². The van der Waals surface area contributed by atoms with E-state index in [-0.39, 0.29) is 11.3 Å². The fourth-order valence-corrected chi connectivity index (χ4v) is 5.46. The van der Waals surface area contributed by atoms with Gasteiger partial charge in [0.2, 0.25) is 0 Å². The number of amides is 1. The van der Waals surface area contributed by atoms with E-state index in [9.17, 15) is 4.79 Å². The van der Waals surface area contributed by atoms with Crippen LogP contribution in [0.2, 0.25) is 0 Å². The predicted molar refractivity (Wildman–Crippen MR) is 122 cm³/mol. The Balaban J connectivity index is 1.75. The van der Waals surface area contributed by atoms with Gasteiger partial charge in [-0.15, -0.1) is 6.58 Å². The molecule has 1 aromatic heterocycles. The van der Waals surface area contributed by atoms with Crippen LogP contribution in [0.15, 0.2) is 12.7 Å². The van der Waals surface area contributed by atoms with Crippen molar-refractivity contribution in [3.8, 4) is 0 Å². The Morgan fingerprint density at radius 3 is 2.76 bits per heavy atom. The molecular formula is C22H37N5OS. The largest absolute Gasteiger partial charge is 0.336 e. The summed E-state index contributed by atoms with van der Waals surface area (Å²) >= 11 is 1.92. The average Bonchev–Trinajstić information content (AvgIpc) is 3.04. The Morgan fingerprint density at radius 1 is 1.38 bits per heavy atom. The normalized spacial score (nSPS) is 20.0. The Morgan fingerprint density at radius 2 is 2.10 bits per heavy atom. The molecule has 0 saturated carbocycles. The molecule has 0 bridgehead atoms. The number of thioether (sulfide) groups is 1. The Labute approximate surface area is 180 Å². The van der Waals surface area contributed by atoms with Crippen LogP contribution < -0.4 is 5.32 Å². The molecule has 1 saturated heterocycles. The summed E-state index contributed by atoms with van der Waals surface area (Å²) in [5, 5.41) is 8.54. The minimum absolute atomic E-state index is 0.109. The van der Waals surface area contributed by atoms with Crippen LogP contribution in [0.4, 0.5) is 0 Å². The van der Waals surface area contributed by atoms with Gasteiger partial charge in [0.05, 0.1) is 6.54 Å². The van der Waals surface area contributed by atoms with Gasteiger partial charge in [-0.1, -0.05) is 19.9 Å². The minimum atomic E-state index is 0.109. The molecule has 1 N–H and O–H groups in total. The molecular weight excluding hydrogens is 382 g/mol. The number of nitrogens with one attached hydrogen (secondary N) is 1. The topological polar surface area (TPSA) is 53.4 Å². The first-order chi connectivity index (χ1) is 13.8. The zero-order valence-corrected chi connectivity index (χ0v) is 19.4. The number of fused-ring (bicyclic) bond motifs is 1. The van der Waals surface area contributed by atoms with Crippen LogP contribution in [0.1, 0.15) is 42.0 Å². The molecule has 7 heteroatoms. The summed E-state index contributed by atoms with van der Waals surface area (Å²) in [6, 6.07) is 0.397. The first kappa shape index (κ1) is 22.4. The maximum atomic E-state index is 13.2. The van der Waals surface area contributed by atoms with Crippen molar-refractivity contribution in [1.82, 2.24) is 24.9 Å². The van der Waals surface area contributed by atoms with Gasteiger partial charge in [-0.25, -0.2) is 0 Å². The molecule has 1 unspecified atom stereocenters. The predicted octanol–water partition coefficient (Wildman–Crippen LogP) is 2.29. The highest BCUT2D eigenvalue weighted by molar-refractivity contribution is 7.99. The Hall–Kier alpha value is -1.31. The SMILES string of the molecule is C=CCn1nc(C(=O)N2CCSCC2)c2c1CCC(NCC(C)(C)CN(C)C)C2. The molecule has 1 aromatic rings.